The molecule has 124 valence electrons. The maximum atomic E-state index is 13.6. The molecule has 1 aliphatic heterocycles. The molecule has 5 nitrogen and oxygen atoms in total. The van der Waals surface area contributed by atoms with Crippen molar-refractivity contribution >= 4 is 17.5 Å². The number of ether oxygens (including phenoxy) is 1. The van der Waals surface area contributed by atoms with Gasteiger partial charge in [-0.05, 0) is 37.6 Å². The molecule has 0 aromatic heterocycles. The molecular formula is C18H17FN2O3. The average molecular weight is 328 g/mol. The summed E-state index contributed by atoms with van der Waals surface area (Å²) in [4.78, 5) is 24.8. The van der Waals surface area contributed by atoms with Crippen molar-refractivity contribution in [2.24, 2.45) is 0 Å². The Morgan fingerprint density at radius 2 is 2.04 bits per heavy atom. The molecule has 2 aromatic rings. The number of rotatable bonds is 3. The summed E-state index contributed by atoms with van der Waals surface area (Å²) < 4.78 is 19.3. The van der Waals surface area contributed by atoms with Gasteiger partial charge in [0.1, 0.15) is 11.6 Å². The number of anilines is 1. The smallest absolute Gasteiger partial charge is 0.278 e. The predicted molar refractivity (Wildman–Crippen MR) is 87.1 cm³/mol. The average Bonchev–Trinajstić information content (AvgIpc) is 2.55. The zero-order valence-electron chi connectivity index (χ0n) is 13.4. The van der Waals surface area contributed by atoms with Crippen molar-refractivity contribution in [1.82, 2.24) is 5.32 Å². The highest BCUT2D eigenvalue weighted by Gasteiger charge is 2.47. The molecular weight excluding hydrogens is 311 g/mol. The molecule has 3 rings (SSSR count). The molecule has 0 spiro atoms. The van der Waals surface area contributed by atoms with E-state index in [9.17, 15) is 14.0 Å². The number of hydrogen-bond acceptors (Lipinski definition) is 3. The van der Waals surface area contributed by atoms with Crippen molar-refractivity contribution in [2.45, 2.75) is 26.0 Å². The van der Waals surface area contributed by atoms with Crippen LogP contribution in [0.1, 0.15) is 18.1 Å². The Morgan fingerprint density at radius 3 is 2.79 bits per heavy atom. The molecule has 0 radical (unpaired) electrons. The number of carbonyl (C=O) groups excluding carboxylic acids is 2. The van der Waals surface area contributed by atoms with Crippen LogP contribution in [-0.2, 0) is 16.1 Å². The molecule has 0 fully saturated rings. The molecule has 1 aliphatic rings. The summed E-state index contributed by atoms with van der Waals surface area (Å²) in [6.45, 7) is 3.25. The number of carbonyl (C=O) groups is 2. The van der Waals surface area contributed by atoms with Crippen LogP contribution in [0.4, 0.5) is 10.1 Å². The van der Waals surface area contributed by atoms with Crippen LogP contribution >= 0.6 is 0 Å². The van der Waals surface area contributed by atoms with Gasteiger partial charge in [0.15, 0.2) is 0 Å². The Hall–Kier alpha value is -2.89. The van der Waals surface area contributed by atoms with Crippen molar-refractivity contribution in [3.05, 3.63) is 59.4 Å². The fourth-order valence-corrected chi connectivity index (χ4v) is 2.47. The van der Waals surface area contributed by atoms with E-state index in [0.29, 0.717) is 17.0 Å². The zero-order valence-corrected chi connectivity index (χ0v) is 13.4. The van der Waals surface area contributed by atoms with E-state index in [1.54, 1.807) is 30.3 Å². The minimum Gasteiger partial charge on any atom is -0.466 e. The molecule has 0 saturated carbocycles. The monoisotopic (exact) mass is 328 g/mol. The number of hydrogen-bond donors (Lipinski definition) is 2. The fourth-order valence-electron chi connectivity index (χ4n) is 2.47. The summed E-state index contributed by atoms with van der Waals surface area (Å²) in [6.07, 6.45) is 0. The first-order valence-corrected chi connectivity index (χ1v) is 7.53. The summed E-state index contributed by atoms with van der Waals surface area (Å²) in [7, 11) is 0. The first-order chi connectivity index (χ1) is 11.4. The van der Waals surface area contributed by atoms with Crippen LogP contribution in [0.3, 0.4) is 0 Å². The molecule has 0 bridgehead atoms. The van der Waals surface area contributed by atoms with Gasteiger partial charge in [0.25, 0.3) is 17.4 Å². The maximum Gasteiger partial charge on any atom is 0.278 e. The van der Waals surface area contributed by atoms with Crippen LogP contribution in [0, 0.1) is 12.7 Å². The van der Waals surface area contributed by atoms with Gasteiger partial charge in [-0.15, -0.1) is 0 Å². The van der Waals surface area contributed by atoms with Gasteiger partial charge in [-0.2, -0.15) is 0 Å². The summed E-state index contributed by atoms with van der Waals surface area (Å²) >= 11 is 0. The Kier molecular flexibility index (Phi) is 3.97. The number of halogens is 1. The number of amides is 2. The van der Waals surface area contributed by atoms with Crippen LogP contribution < -0.4 is 15.4 Å². The lowest BCUT2D eigenvalue weighted by Gasteiger charge is -2.33. The van der Waals surface area contributed by atoms with Crippen molar-refractivity contribution in [3.63, 3.8) is 0 Å². The molecule has 1 atom stereocenters. The van der Waals surface area contributed by atoms with E-state index in [1.165, 1.54) is 13.0 Å². The first kappa shape index (κ1) is 16.0. The number of fused-ring (bicyclic) bond motifs is 1. The molecule has 2 N–H and O–H groups in total. The van der Waals surface area contributed by atoms with Crippen LogP contribution in [0.15, 0.2) is 42.5 Å². The Morgan fingerprint density at radius 1 is 1.29 bits per heavy atom. The van der Waals surface area contributed by atoms with Gasteiger partial charge in [0.2, 0.25) is 0 Å². The van der Waals surface area contributed by atoms with Crippen molar-refractivity contribution < 1.29 is 18.7 Å². The highest BCUT2D eigenvalue weighted by atomic mass is 19.1. The van der Waals surface area contributed by atoms with Crippen LogP contribution in [-0.4, -0.2) is 17.4 Å². The standard InChI is InChI=1S/C18H17FN2O3/c1-11-7-8-15-14(9-11)21-17(23)18(2,24-15)16(22)20-10-12-5-3-4-6-13(12)19/h3-9H,10H2,1-2H3,(H,20,22)(H,21,23). The van der Waals surface area contributed by atoms with Gasteiger partial charge in [0, 0.05) is 12.1 Å². The Labute approximate surface area is 138 Å². The summed E-state index contributed by atoms with van der Waals surface area (Å²) in [5, 5.41) is 5.24. The second-order valence-electron chi connectivity index (χ2n) is 5.86. The number of benzene rings is 2. The molecule has 2 amide bonds. The highest BCUT2D eigenvalue weighted by Crippen LogP contribution is 2.34. The lowest BCUT2D eigenvalue weighted by Crippen LogP contribution is -2.58. The van der Waals surface area contributed by atoms with Gasteiger partial charge in [0.05, 0.1) is 5.69 Å². The minimum absolute atomic E-state index is 0.0293. The largest absolute Gasteiger partial charge is 0.466 e. The molecule has 1 unspecified atom stereocenters. The van der Waals surface area contributed by atoms with Crippen LogP contribution in [0.25, 0.3) is 0 Å². The molecule has 0 aliphatic carbocycles. The van der Waals surface area contributed by atoms with E-state index in [2.05, 4.69) is 10.6 Å². The number of aryl methyl sites for hydroxylation is 1. The van der Waals surface area contributed by atoms with Crippen molar-refractivity contribution in [2.75, 3.05) is 5.32 Å². The van der Waals surface area contributed by atoms with E-state index in [4.69, 9.17) is 4.74 Å². The summed E-state index contributed by atoms with van der Waals surface area (Å²) in [6, 6.07) is 11.4. The van der Waals surface area contributed by atoms with Crippen LogP contribution in [0.5, 0.6) is 5.75 Å². The minimum atomic E-state index is -1.71. The maximum absolute atomic E-state index is 13.6. The topological polar surface area (TPSA) is 67.4 Å². The van der Waals surface area contributed by atoms with Gasteiger partial charge >= 0.3 is 0 Å². The van der Waals surface area contributed by atoms with Gasteiger partial charge < -0.3 is 15.4 Å². The van der Waals surface area contributed by atoms with Gasteiger partial charge in [-0.25, -0.2) is 4.39 Å². The highest BCUT2D eigenvalue weighted by molar-refractivity contribution is 6.15. The third-order valence-corrected chi connectivity index (χ3v) is 3.96. The normalized spacial score (nSPS) is 19.0. The zero-order chi connectivity index (χ0) is 17.3. The summed E-state index contributed by atoms with van der Waals surface area (Å²) in [5.74, 6) is -1.19. The fraction of sp³-hybridized carbons (Fsp3) is 0.222. The SMILES string of the molecule is Cc1ccc2c(c1)NC(=O)C(C)(C(=O)NCc1ccccc1F)O2. The van der Waals surface area contributed by atoms with Crippen LogP contribution in [0.2, 0.25) is 0 Å². The van der Waals surface area contributed by atoms with Crippen molar-refractivity contribution in [1.29, 1.82) is 0 Å². The van der Waals surface area contributed by atoms with E-state index in [1.807, 2.05) is 13.0 Å². The molecule has 24 heavy (non-hydrogen) atoms. The van der Waals surface area contributed by atoms with Gasteiger partial charge in [-0.3, -0.25) is 9.59 Å². The van der Waals surface area contributed by atoms with E-state index in [-0.39, 0.29) is 6.54 Å². The van der Waals surface area contributed by atoms with E-state index < -0.39 is 23.2 Å². The van der Waals surface area contributed by atoms with E-state index >= 15 is 0 Å². The first-order valence-electron chi connectivity index (χ1n) is 7.53. The lowest BCUT2D eigenvalue weighted by molar-refractivity contribution is -0.146. The molecule has 0 saturated heterocycles. The molecule has 1 heterocycles. The Bertz CT molecular complexity index is 822. The van der Waals surface area contributed by atoms with Crippen molar-refractivity contribution in [3.8, 4) is 5.75 Å². The molecule has 6 heteroatoms. The predicted octanol–water partition coefficient (Wildman–Crippen LogP) is 2.54. The lowest BCUT2D eigenvalue weighted by atomic mass is 10.0. The summed E-state index contributed by atoms with van der Waals surface area (Å²) in [5.41, 5.74) is 0.111. The quantitative estimate of drug-likeness (QED) is 0.851. The third-order valence-electron chi connectivity index (χ3n) is 3.96. The van der Waals surface area contributed by atoms with E-state index in [0.717, 1.165) is 5.56 Å². The second-order valence-corrected chi connectivity index (χ2v) is 5.86. The number of nitrogens with one attached hydrogen (secondary N) is 2. The van der Waals surface area contributed by atoms with Gasteiger partial charge in [-0.1, -0.05) is 24.3 Å². The second kappa shape index (κ2) is 5.96. The Balaban J connectivity index is 1.77. The third kappa shape index (κ3) is 2.82. The molecule has 2 aromatic carbocycles.